The van der Waals surface area contributed by atoms with Gasteiger partial charge in [0.05, 0.1) is 12.8 Å². The zero-order valence-corrected chi connectivity index (χ0v) is 12.3. The molecule has 0 rings (SSSR count). The maximum atomic E-state index is 11.4. The second kappa shape index (κ2) is 8.68. The summed E-state index contributed by atoms with van der Waals surface area (Å²) in [6.07, 6.45) is 1.07. The number of sulfonamides is 1. The van der Waals surface area contributed by atoms with Crippen LogP contribution in [0.25, 0.3) is 0 Å². The molecule has 1 atom stereocenters. The lowest BCUT2D eigenvalue weighted by atomic mass is 10.3. The summed E-state index contributed by atoms with van der Waals surface area (Å²) in [6.45, 7) is 5.11. The Morgan fingerprint density at radius 3 is 2.35 bits per heavy atom. The second-order valence-electron chi connectivity index (χ2n) is 3.78. The highest BCUT2D eigenvalue weighted by molar-refractivity contribution is 7.88. The third-order valence-corrected chi connectivity index (χ3v) is 3.35. The molecule has 8 heteroatoms. The Morgan fingerprint density at radius 2 is 1.94 bits per heavy atom. The van der Waals surface area contributed by atoms with Crippen molar-refractivity contribution >= 4 is 28.3 Å². The van der Waals surface area contributed by atoms with Gasteiger partial charge in [0.25, 0.3) is 0 Å². The fourth-order valence-electron chi connectivity index (χ4n) is 1.06. The topological polar surface area (TPSA) is 78.5 Å². The molecule has 0 aliphatic heterocycles. The summed E-state index contributed by atoms with van der Waals surface area (Å²) in [4.78, 5) is 11.4. The van der Waals surface area contributed by atoms with Crippen molar-refractivity contribution in [2.24, 2.45) is 0 Å². The van der Waals surface area contributed by atoms with Crippen molar-refractivity contribution in [1.29, 1.82) is 0 Å². The summed E-state index contributed by atoms with van der Waals surface area (Å²) < 4.78 is 23.1. The summed E-state index contributed by atoms with van der Waals surface area (Å²) in [7, 11) is -1.91. The van der Waals surface area contributed by atoms with E-state index >= 15 is 0 Å². The van der Waals surface area contributed by atoms with Gasteiger partial charge in [-0.1, -0.05) is 6.92 Å². The molecule has 17 heavy (non-hydrogen) atoms. The molecular weight excluding hydrogens is 266 g/mol. The van der Waals surface area contributed by atoms with Crippen LogP contribution in [-0.2, 0) is 14.8 Å². The molecule has 2 N–H and O–H groups in total. The Kier molecular flexibility index (Phi) is 9.69. The van der Waals surface area contributed by atoms with Crippen molar-refractivity contribution in [3.8, 4) is 0 Å². The molecule has 0 saturated heterocycles. The van der Waals surface area contributed by atoms with E-state index in [0.717, 1.165) is 17.1 Å². The van der Waals surface area contributed by atoms with Gasteiger partial charge in [-0.2, -0.15) is 4.31 Å². The third kappa shape index (κ3) is 9.34. The van der Waals surface area contributed by atoms with E-state index in [9.17, 15) is 13.2 Å². The number of nitrogens with one attached hydrogen (secondary N) is 2. The molecule has 0 fully saturated rings. The largest absolute Gasteiger partial charge is 0.353 e. The molecule has 0 aromatic carbocycles. The van der Waals surface area contributed by atoms with Crippen molar-refractivity contribution < 1.29 is 13.2 Å². The lowest BCUT2D eigenvalue weighted by Crippen LogP contribution is -2.43. The van der Waals surface area contributed by atoms with Gasteiger partial charge in [0, 0.05) is 19.6 Å². The molecule has 0 saturated carbocycles. The van der Waals surface area contributed by atoms with E-state index in [-0.39, 0.29) is 30.9 Å². The molecular formula is C9H22ClN3O3S. The summed E-state index contributed by atoms with van der Waals surface area (Å²) >= 11 is 0. The number of amides is 1. The molecule has 0 aromatic rings. The molecule has 0 unspecified atom stereocenters. The fourth-order valence-corrected chi connectivity index (χ4v) is 1.41. The quantitative estimate of drug-likeness (QED) is 0.656. The highest BCUT2D eigenvalue weighted by atomic mass is 35.5. The number of halogens is 1. The van der Waals surface area contributed by atoms with Crippen LogP contribution in [0.4, 0.5) is 0 Å². The van der Waals surface area contributed by atoms with Gasteiger partial charge in [0.1, 0.15) is 0 Å². The maximum Gasteiger partial charge on any atom is 0.235 e. The van der Waals surface area contributed by atoms with Gasteiger partial charge in [-0.25, -0.2) is 8.42 Å². The molecule has 6 nitrogen and oxygen atoms in total. The number of hydrogen-bond acceptors (Lipinski definition) is 4. The minimum absolute atomic E-state index is 0. The van der Waals surface area contributed by atoms with Gasteiger partial charge in [-0.15, -0.1) is 12.4 Å². The van der Waals surface area contributed by atoms with E-state index in [0.29, 0.717) is 6.54 Å². The number of nitrogens with zero attached hydrogens (tertiary/aromatic N) is 1. The summed E-state index contributed by atoms with van der Waals surface area (Å²) in [5.74, 6) is -0.294. The van der Waals surface area contributed by atoms with E-state index < -0.39 is 10.0 Å². The number of rotatable bonds is 7. The van der Waals surface area contributed by atoms with Crippen LogP contribution in [0.15, 0.2) is 0 Å². The monoisotopic (exact) mass is 287 g/mol. The normalized spacial score (nSPS) is 13.0. The van der Waals surface area contributed by atoms with Gasteiger partial charge in [0.2, 0.25) is 15.9 Å². The minimum Gasteiger partial charge on any atom is -0.353 e. The lowest BCUT2D eigenvalue weighted by molar-refractivity contribution is -0.121. The zero-order chi connectivity index (χ0) is 12.8. The smallest absolute Gasteiger partial charge is 0.235 e. The highest BCUT2D eigenvalue weighted by Crippen LogP contribution is 1.91. The first kappa shape index (κ1) is 19.0. The zero-order valence-electron chi connectivity index (χ0n) is 10.7. The Morgan fingerprint density at radius 1 is 1.41 bits per heavy atom. The maximum absolute atomic E-state index is 11.4. The average Bonchev–Trinajstić information content (AvgIpc) is 2.13. The van der Waals surface area contributed by atoms with Crippen LogP contribution in [-0.4, -0.2) is 57.6 Å². The standard InChI is InChI=1S/C9H21N3O3S.ClH/c1-5-10-8(2)6-11-9(13)7-12(3)16(4,14)15;/h8,10H,5-7H2,1-4H3,(H,11,13);1H/t8-;/m1./s1. The van der Waals surface area contributed by atoms with Crippen molar-refractivity contribution in [2.45, 2.75) is 19.9 Å². The van der Waals surface area contributed by atoms with Gasteiger partial charge >= 0.3 is 0 Å². The predicted octanol–water partition coefficient (Wildman–Crippen LogP) is -0.586. The lowest BCUT2D eigenvalue weighted by Gasteiger charge is -2.16. The van der Waals surface area contributed by atoms with E-state index in [1.807, 2.05) is 13.8 Å². The molecule has 0 bridgehead atoms. The van der Waals surface area contributed by atoms with Crippen LogP contribution in [0, 0.1) is 0 Å². The van der Waals surface area contributed by atoms with Crippen LogP contribution in [0.3, 0.4) is 0 Å². The van der Waals surface area contributed by atoms with E-state index in [2.05, 4.69) is 10.6 Å². The van der Waals surface area contributed by atoms with E-state index in [4.69, 9.17) is 0 Å². The Bertz CT molecular complexity index is 321. The van der Waals surface area contributed by atoms with Gasteiger partial charge in [0.15, 0.2) is 0 Å². The van der Waals surface area contributed by atoms with E-state index in [1.54, 1.807) is 0 Å². The molecule has 0 heterocycles. The summed E-state index contributed by atoms with van der Waals surface area (Å²) in [6, 6.07) is 0.178. The van der Waals surface area contributed by atoms with Crippen LogP contribution in [0.5, 0.6) is 0 Å². The molecule has 1 amide bonds. The first-order valence-electron chi connectivity index (χ1n) is 5.18. The van der Waals surface area contributed by atoms with E-state index in [1.165, 1.54) is 7.05 Å². The summed E-state index contributed by atoms with van der Waals surface area (Å²) in [5, 5.41) is 5.80. The molecule has 0 aromatic heterocycles. The van der Waals surface area contributed by atoms with Crippen molar-refractivity contribution in [3.05, 3.63) is 0 Å². The first-order chi connectivity index (χ1) is 7.27. The number of carbonyl (C=O) groups excluding carboxylic acids is 1. The van der Waals surface area contributed by atoms with Crippen molar-refractivity contribution in [2.75, 3.05) is 32.9 Å². The average molecular weight is 288 g/mol. The highest BCUT2D eigenvalue weighted by Gasteiger charge is 2.14. The van der Waals surface area contributed by atoms with Gasteiger partial charge in [-0.05, 0) is 13.5 Å². The fraction of sp³-hybridized carbons (Fsp3) is 0.889. The molecule has 104 valence electrons. The Labute approximate surface area is 110 Å². The second-order valence-corrected chi connectivity index (χ2v) is 5.87. The van der Waals surface area contributed by atoms with Crippen LogP contribution >= 0.6 is 12.4 Å². The van der Waals surface area contributed by atoms with Crippen LogP contribution in [0.1, 0.15) is 13.8 Å². The van der Waals surface area contributed by atoms with Crippen LogP contribution < -0.4 is 10.6 Å². The first-order valence-corrected chi connectivity index (χ1v) is 7.03. The molecule has 0 aliphatic carbocycles. The number of likely N-dealkylation sites (N-methyl/N-ethyl adjacent to an activating group) is 2. The van der Waals surface area contributed by atoms with Crippen LogP contribution in [0.2, 0.25) is 0 Å². The van der Waals surface area contributed by atoms with Crippen molar-refractivity contribution in [3.63, 3.8) is 0 Å². The molecule has 0 radical (unpaired) electrons. The third-order valence-electron chi connectivity index (χ3n) is 2.09. The Hall–Kier alpha value is -0.370. The SMILES string of the molecule is CCN[C@H](C)CNC(=O)CN(C)S(C)(=O)=O.Cl. The molecule has 0 aliphatic rings. The predicted molar refractivity (Wildman–Crippen MR) is 70.9 cm³/mol. The number of hydrogen-bond donors (Lipinski definition) is 2. The minimum atomic E-state index is -3.29. The summed E-state index contributed by atoms with van der Waals surface area (Å²) in [5.41, 5.74) is 0. The van der Waals surface area contributed by atoms with Gasteiger partial charge < -0.3 is 10.6 Å². The van der Waals surface area contributed by atoms with Crippen molar-refractivity contribution in [1.82, 2.24) is 14.9 Å². The Balaban J connectivity index is 0. The number of carbonyl (C=O) groups is 1. The van der Waals surface area contributed by atoms with Gasteiger partial charge in [-0.3, -0.25) is 4.79 Å². The molecule has 0 spiro atoms.